The molecule has 1 aliphatic carbocycles. The molecule has 1 aromatic rings. The largest absolute Gasteiger partial charge is 0.339 e. The maximum absolute atomic E-state index is 12.7. The normalized spacial score (nSPS) is 25.9. The second-order valence-corrected chi connectivity index (χ2v) is 7.73. The van der Waals surface area contributed by atoms with Gasteiger partial charge in [-0.25, -0.2) is 0 Å². The van der Waals surface area contributed by atoms with E-state index in [4.69, 9.17) is 5.73 Å². The summed E-state index contributed by atoms with van der Waals surface area (Å²) in [7, 11) is 0. The zero-order valence-corrected chi connectivity index (χ0v) is 16.3. The Morgan fingerprint density at radius 2 is 1.88 bits per heavy atom. The van der Waals surface area contributed by atoms with Crippen LogP contribution >= 0.6 is 12.4 Å². The fourth-order valence-corrected chi connectivity index (χ4v) is 4.03. The van der Waals surface area contributed by atoms with Crippen molar-refractivity contribution < 1.29 is 9.59 Å². The van der Waals surface area contributed by atoms with Gasteiger partial charge in [-0.2, -0.15) is 0 Å². The molecular formula is C20H30ClN3O2. The lowest BCUT2D eigenvalue weighted by Gasteiger charge is -2.37. The van der Waals surface area contributed by atoms with E-state index >= 15 is 0 Å². The van der Waals surface area contributed by atoms with Crippen molar-refractivity contribution in [3.63, 3.8) is 0 Å². The first-order valence-corrected chi connectivity index (χ1v) is 9.46. The Bertz CT molecular complexity index is 642. The highest BCUT2D eigenvalue weighted by Gasteiger charge is 2.37. The van der Waals surface area contributed by atoms with Crippen molar-refractivity contribution in [1.82, 2.24) is 4.90 Å². The lowest BCUT2D eigenvalue weighted by atomic mass is 9.74. The van der Waals surface area contributed by atoms with Crippen LogP contribution in [0.25, 0.3) is 0 Å². The van der Waals surface area contributed by atoms with E-state index in [2.05, 4.69) is 5.32 Å². The number of carbonyl (C=O) groups excluding carboxylic acids is 2. The molecule has 2 atom stereocenters. The average molecular weight is 380 g/mol. The number of rotatable bonds is 3. The molecular weight excluding hydrogens is 350 g/mol. The number of nitrogens with zero attached hydrogens (tertiary/aromatic N) is 1. The Morgan fingerprint density at radius 3 is 2.58 bits per heavy atom. The number of nitrogens with two attached hydrogens (primary N) is 1. The predicted molar refractivity (Wildman–Crippen MR) is 107 cm³/mol. The third-order valence-corrected chi connectivity index (χ3v) is 5.59. The first-order chi connectivity index (χ1) is 12.0. The van der Waals surface area contributed by atoms with E-state index in [1.807, 2.05) is 30.0 Å². The Kier molecular flexibility index (Phi) is 7.07. The molecule has 1 heterocycles. The van der Waals surface area contributed by atoms with Crippen LogP contribution < -0.4 is 11.1 Å². The summed E-state index contributed by atoms with van der Waals surface area (Å²) in [6, 6.07) is 7.27. The number of amides is 2. The molecule has 26 heavy (non-hydrogen) atoms. The monoisotopic (exact) mass is 379 g/mol. The van der Waals surface area contributed by atoms with Gasteiger partial charge in [0.25, 0.3) is 5.91 Å². The smallest absolute Gasteiger partial charge is 0.253 e. The first-order valence-electron chi connectivity index (χ1n) is 9.46. The summed E-state index contributed by atoms with van der Waals surface area (Å²) < 4.78 is 0. The van der Waals surface area contributed by atoms with Crippen molar-refractivity contribution >= 4 is 29.9 Å². The van der Waals surface area contributed by atoms with Crippen LogP contribution in [0.2, 0.25) is 0 Å². The summed E-state index contributed by atoms with van der Waals surface area (Å²) in [4.78, 5) is 27.2. The van der Waals surface area contributed by atoms with Crippen molar-refractivity contribution in [2.75, 3.05) is 18.4 Å². The van der Waals surface area contributed by atoms with Crippen molar-refractivity contribution in [2.45, 2.75) is 57.4 Å². The van der Waals surface area contributed by atoms with Gasteiger partial charge in [-0.3, -0.25) is 9.59 Å². The van der Waals surface area contributed by atoms with Crippen LogP contribution in [0.3, 0.4) is 0 Å². The van der Waals surface area contributed by atoms with Gasteiger partial charge < -0.3 is 16.0 Å². The summed E-state index contributed by atoms with van der Waals surface area (Å²) in [5, 5.41) is 2.98. The number of likely N-dealkylation sites (tertiary alicyclic amines) is 1. The number of hydrogen-bond donors (Lipinski definition) is 2. The summed E-state index contributed by atoms with van der Waals surface area (Å²) >= 11 is 0. The third-order valence-electron chi connectivity index (χ3n) is 5.59. The van der Waals surface area contributed by atoms with E-state index in [0.29, 0.717) is 11.3 Å². The van der Waals surface area contributed by atoms with Crippen LogP contribution in [0, 0.1) is 5.92 Å². The number of piperidine rings is 1. The predicted octanol–water partition coefficient (Wildman–Crippen LogP) is 3.58. The molecule has 3 rings (SSSR count). The second kappa shape index (κ2) is 8.87. The summed E-state index contributed by atoms with van der Waals surface area (Å²) in [5.74, 6) is -0.160. The topological polar surface area (TPSA) is 75.4 Å². The highest BCUT2D eigenvalue weighted by molar-refractivity contribution is 5.98. The van der Waals surface area contributed by atoms with Gasteiger partial charge >= 0.3 is 0 Å². The lowest BCUT2D eigenvalue weighted by Crippen LogP contribution is -2.51. The maximum atomic E-state index is 12.7. The summed E-state index contributed by atoms with van der Waals surface area (Å²) in [6.45, 7) is 3.61. The molecule has 1 aromatic carbocycles. The minimum atomic E-state index is -0.455. The van der Waals surface area contributed by atoms with Crippen molar-refractivity contribution in [1.29, 1.82) is 0 Å². The van der Waals surface area contributed by atoms with E-state index < -0.39 is 5.54 Å². The molecule has 2 aliphatic rings. The minimum absolute atomic E-state index is 0. The number of carbonyl (C=O) groups is 2. The molecule has 0 radical (unpaired) electrons. The van der Waals surface area contributed by atoms with Crippen LogP contribution in [0.5, 0.6) is 0 Å². The number of nitrogens with one attached hydrogen (secondary N) is 1. The number of benzene rings is 1. The Hall–Kier alpha value is -1.59. The standard InChI is InChI=1S/C20H29N3O2.ClH/c1-20(21)11-4-3-10-17(20)18(24)22-16-9-7-8-15(14-16)19(25)23-12-5-2-6-13-23;/h7-9,14,17H,2-6,10-13,21H2,1H3,(H,22,24);1H. The van der Waals surface area contributed by atoms with Crippen molar-refractivity contribution in [3.05, 3.63) is 29.8 Å². The van der Waals surface area contributed by atoms with Gasteiger partial charge in [-0.1, -0.05) is 18.9 Å². The molecule has 1 aliphatic heterocycles. The van der Waals surface area contributed by atoms with Gasteiger partial charge in [0.05, 0.1) is 5.92 Å². The molecule has 0 aromatic heterocycles. The molecule has 0 spiro atoms. The second-order valence-electron chi connectivity index (χ2n) is 7.73. The van der Waals surface area contributed by atoms with Gasteiger partial charge in [0.15, 0.2) is 0 Å². The van der Waals surface area contributed by atoms with Gasteiger partial charge in [0.2, 0.25) is 5.91 Å². The Morgan fingerprint density at radius 1 is 1.15 bits per heavy atom. The highest BCUT2D eigenvalue weighted by Crippen LogP contribution is 2.32. The van der Waals surface area contributed by atoms with E-state index in [0.717, 1.165) is 51.6 Å². The van der Waals surface area contributed by atoms with Gasteiger partial charge in [0, 0.05) is 29.9 Å². The molecule has 6 heteroatoms. The molecule has 2 amide bonds. The van der Waals surface area contributed by atoms with Crippen LogP contribution in [-0.4, -0.2) is 35.3 Å². The SMILES string of the molecule is CC1(N)CCCCC1C(=O)Nc1cccc(C(=O)N2CCCCC2)c1.Cl. The summed E-state index contributed by atoms with van der Waals surface area (Å²) in [5.41, 5.74) is 7.19. The fourth-order valence-electron chi connectivity index (χ4n) is 4.03. The highest BCUT2D eigenvalue weighted by atomic mass is 35.5. The third kappa shape index (κ3) is 4.77. The quantitative estimate of drug-likeness (QED) is 0.842. The van der Waals surface area contributed by atoms with Gasteiger partial charge in [-0.05, 0) is 57.2 Å². The average Bonchev–Trinajstić information content (AvgIpc) is 2.61. The van der Waals surface area contributed by atoms with Crippen LogP contribution in [-0.2, 0) is 4.79 Å². The lowest BCUT2D eigenvalue weighted by molar-refractivity contribution is -0.122. The Labute approximate surface area is 162 Å². The maximum Gasteiger partial charge on any atom is 0.253 e. The van der Waals surface area contributed by atoms with Crippen molar-refractivity contribution in [3.8, 4) is 0 Å². The molecule has 1 saturated heterocycles. The van der Waals surface area contributed by atoms with Gasteiger partial charge in [0.1, 0.15) is 0 Å². The van der Waals surface area contributed by atoms with Gasteiger partial charge in [-0.15, -0.1) is 12.4 Å². The van der Waals surface area contributed by atoms with E-state index in [-0.39, 0.29) is 30.1 Å². The van der Waals surface area contributed by atoms with E-state index in [9.17, 15) is 9.59 Å². The van der Waals surface area contributed by atoms with E-state index in [1.165, 1.54) is 6.42 Å². The molecule has 5 nitrogen and oxygen atoms in total. The number of halogens is 1. The minimum Gasteiger partial charge on any atom is -0.339 e. The van der Waals surface area contributed by atoms with Crippen LogP contribution in [0.4, 0.5) is 5.69 Å². The zero-order valence-electron chi connectivity index (χ0n) is 15.5. The van der Waals surface area contributed by atoms with Crippen LogP contribution in [0.15, 0.2) is 24.3 Å². The molecule has 2 fully saturated rings. The number of hydrogen-bond acceptors (Lipinski definition) is 3. The molecule has 1 saturated carbocycles. The summed E-state index contributed by atoms with van der Waals surface area (Å²) in [6.07, 6.45) is 7.15. The fraction of sp³-hybridized carbons (Fsp3) is 0.600. The molecule has 0 bridgehead atoms. The van der Waals surface area contributed by atoms with Crippen molar-refractivity contribution in [2.24, 2.45) is 11.7 Å². The molecule has 2 unspecified atom stereocenters. The molecule has 3 N–H and O–H groups in total. The number of anilines is 1. The first kappa shape index (κ1) is 20.7. The molecule has 144 valence electrons. The Balaban J connectivity index is 0.00000243. The van der Waals surface area contributed by atoms with Crippen LogP contribution in [0.1, 0.15) is 62.2 Å². The van der Waals surface area contributed by atoms with E-state index in [1.54, 1.807) is 6.07 Å². The zero-order chi connectivity index (χ0) is 17.9.